The van der Waals surface area contributed by atoms with E-state index in [4.69, 9.17) is 4.74 Å². The molecule has 1 N–H and O–H groups in total. The summed E-state index contributed by atoms with van der Waals surface area (Å²) >= 11 is 0. The molecular formula is C10H11NO2. The van der Waals surface area contributed by atoms with Crippen LogP contribution in [0, 0.1) is 0 Å². The third kappa shape index (κ3) is 1.26. The lowest BCUT2D eigenvalue weighted by molar-refractivity contribution is -0.139. The van der Waals surface area contributed by atoms with Gasteiger partial charge >= 0.3 is 5.97 Å². The first-order chi connectivity index (χ1) is 6.09. The first-order valence-corrected chi connectivity index (χ1v) is 4.19. The van der Waals surface area contributed by atoms with E-state index < -0.39 is 5.54 Å². The molecule has 3 heteroatoms. The van der Waals surface area contributed by atoms with Crippen molar-refractivity contribution in [3.63, 3.8) is 0 Å². The van der Waals surface area contributed by atoms with Crippen molar-refractivity contribution in [1.29, 1.82) is 0 Å². The highest BCUT2D eigenvalue weighted by Gasteiger charge is 2.34. The van der Waals surface area contributed by atoms with Crippen LogP contribution in [-0.4, -0.2) is 11.5 Å². The fourth-order valence-corrected chi connectivity index (χ4v) is 1.27. The van der Waals surface area contributed by atoms with Gasteiger partial charge in [0.15, 0.2) is 5.75 Å². The van der Waals surface area contributed by atoms with E-state index in [1.165, 1.54) is 0 Å². The maximum atomic E-state index is 11.4. The molecule has 0 saturated carbocycles. The fourth-order valence-electron chi connectivity index (χ4n) is 1.27. The summed E-state index contributed by atoms with van der Waals surface area (Å²) in [7, 11) is 0. The zero-order valence-electron chi connectivity index (χ0n) is 7.63. The van der Waals surface area contributed by atoms with E-state index in [1.807, 2.05) is 18.2 Å². The highest BCUT2D eigenvalue weighted by molar-refractivity contribution is 5.90. The van der Waals surface area contributed by atoms with Crippen molar-refractivity contribution in [3.8, 4) is 5.75 Å². The topological polar surface area (TPSA) is 38.3 Å². The summed E-state index contributed by atoms with van der Waals surface area (Å²) in [4.78, 5) is 11.4. The van der Waals surface area contributed by atoms with Crippen LogP contribution in [0.5, 0.6) is 5.75 Å². The SMILES string of the molecule is CC1(C)Nc2ccccc2OC1=O. The molecular weight excluding hydrogens is 166 g/mol. The van der Waals surface area contributed by atoms with E-state index >= 15 is 0 Å². The Hall–Kier alpha value is -1.51. The second-order valence-corrected chi connectivity index (χ2v) is 3.64. The van der Waals surface area contributed by atoms with Crippen LogP contribution in [-0.2, 0) is 4.79 Å². The number of carbonyl (C=O) groups is 1. The quantitative estimate of drug-likeness (QED) is 0.485. The summed E-state index contributed by atoms with van der Waals surface area (Å²) in [6, 6.07) is 7.41. The largest absolute Gasteiger partial charge is 0.423 e. The molecule has 0 amide bonds. The smallest absolute Gasteiger partial charge is 0.336 e. The molecule has 0 spiro atoms. The molecule has 1 aliphatic rings. The Bertz CT molecular complexity index is 358. The average Bonchev–Trinajstić information content (AvgIpc) is 2.06. The number of anilines is 1. The van der Waals surface area contributed by atoms with Gasteiger partial charge in [-0.25, -0.2) is 4.79 Å². The van der Waals surface area contributed by atoms with Gasteiger partial charge in [0.25, 0.3) is 0 Å². The van der Waals surface area contributed by atoms with Gasteiger partial charge in [-0.05, 0) is 26.0 Å². The van der Waals surface area contributed by atoms with Crippen molar-refractivity contribution in [1.82, 2.24) is 0 Å². The van der Waals surface area contributed by atoms with Crippen LogP contribution in [0.15, 0.2) is 24.3 Å². The number of esters is 1. The van der Waals surface area contributed by atoms with E-state index in [9.17, 15) is 4.79 Å². The van der Waals surface area contributed by atoms with Crippen molar-refractivity contribution >= 4 is 11.7 Å². The van der Waals surface area contributed by atoms with Crippen LogP contribution >= 0.6 is 0 Å². The maximum absolute atomic E-state index is 11.4. The molecule has 0 aliphatic carbocycles. The molecule has 2 rings (SSSR count). The van der Waals surface area contributed by atoms with Crippen molar-refractivity contribution in [3.05, 3.63) is 24.3 Å². The average molecular weight is 177 g/mol. The van der Waals surface area contributed by atoms with Crippen LogP contribution in [0.2, 0.25) is 0 Å². The van der Waals surface area contributed by atoms with Gasteiger partial charge in [-0.3, -0.25) is 0 Å². The number of benzene rings is 1. The second-order valence-electron chi connectivity index (χ2n) is 3.64. The summed E-state index contributed by atoms with van der Waals surface area (Å²) in [6.07, 6.45) is 0. The predicted octanol–water partition coefficient (Wildman–Crippen LogP) is 1.80. The number of rotatable bonds is 0. The summed E-state index contributed by atoms with van der Waals surface area (Å²) in [5, 5.41) is 3.11. The lowest BCUT2D eigenvalue weighted by Crippen LogP contribution is -2.46. The normalized spacial score (nSPS) is 18.5. The van der Waals surface area contributed by atoms with Crippen molar-refractivity contribution in [2.75, 3.05) is 5.32 Å². The van der Waals surface area contributed by atoms with Gasteiger partial charge in [0.05, 0.1) is 5.69 Å². The summed E-state index contributed by atoms with van der Waals surface area (Å²) < 4.78 is 5.15. The van der Waals surface area contributed by atoms with E-state index in [0.29, 0.717) is 5.75 Å². The van der Waals surface area contributed by atoms with Gasteiger partial charge in [-0.2, -0.15) is 0 Å². The number of para-hydroxylation sites is 2. The van der Waals surface area contributed by atoms with Crippen molar-refractivity contribution in [2.24, 2.45) is 0 Å². The molecule has 68 valence electrons. The van der Waals surface area contributed by atoms with E-state index in [0.717, 1.165) is 5.69 Å². The monoisotopic (exact) mass is 177 g/mol. The van der Waals surface area contributed by atoms with Crippen LogP contribution in [0.4, 0.5) is 5.69 Å². The molecule has 0 bridgehead atoms. The van der Waals surface area contributed by atoms with E-state index in [1.54, 1.807) is 19.9 Å². The summed E-state index contributed by atoms with van der Waals surface area (Å²) in [5.74, 6) is 0.359. The van der Waals surface area contributed by atoms with Gasteiger partial charge < -0.3 is 10.1 Å². The Kier molecular flexibility index (Phi) is 1.55. The fraction of sp³-hybridized carbons (Fsp3) is 0.300. The van der Waals surface area contributed by atoms with Crippen LogP contribution in [0.25, 0.3) is 0 Å². The Labute approximate surface area is 76.7 Å². The number of hydrogen-bond donors (Lipinski definition) is 1. The highest BCUT2D eigenvalue weighted by Crippen LogP contribution is 2.32. The zero-order chi connectivity index (χ0) is 9.47. The molecule has 0 saturated heterocycles. The van der Waals surface area contributed by atoms with Gasteiger partial charge in [0, 0.05) is 0 Å². The van der Waals surface area contributed by atoms with Crippen LogP contribution in [0.1, 0.15) is 13.8 Å². The Balaban J connectivity index is 2.44. The van der Waals surface area contributed by atoms with Gasteiger partial charge in [-0.15, -0.1) is 0 Å². The zero-order valence-corrected chi connectivity index (χ0v) is 7.63. The first kappa shape index (κ1) is 8.10. The van der Waals surface area contributed by atoms with E-state index in [-0.39, 0.29) is 5.97 Å². The Morgan fingerprint density at radius 1 is 1.31 bits per heavy atom. The summed E-state index contributed by atoms with van der Waals surface area (Å²) in [5.41, 5.74) is 0.237. The number of nitrogens with one attached hydrogen (secondary N) is 1. The molecule has 1 aliphatic heterocycles. The first-order valence-electron chi connectivity index (χ1n) is 4.19. The summed E-state index contributed by atoms with van der Waals surface area (Å²) in [6.45, 7) is 3.59. The molecule has 3 nitrogen and oxygen atoms in total. The molecule has 0 fully saturated rings. The molecule has 0 atom stereocenters. The van der Waals surface area contributed by atoms with Crippen LogP contribution < -0.4 is 10.1 Å². The standard InChI is InChI=1S/C10H11NO2/c1-10(2)9(12)13-8-6-4-3-5-7(8)11-10/h3-6,11H,1-2H3. The minimum Gasteiger partial charge on any atom is -0.423 e. The highest BCUT2D eigenvalue weighted by atomic mass is 16.5. The third-order valence-corrected chi connectivity index (χ3v) is 2.05. The number of ether oxygens (including phenoxy) is 1. The Morgan fingerprint density at radius 3 is 2.77 bits per heavy atom. The van der Waals surface area contributed by atoms with Gasteiger partial charge in [0.2, 0.25) is 0 Å². The van der Waals surface area contributed by atoms with Crippen molar-refractivity contribution < 1.29 is 9.53 Å². The molecule has 1 aromatic carbocycles. The number of hydrogen-bond acceptors (Lipinski definition) is 3. The third-order valence-electron chi connectivity index (χ3n) is 2.05. The molecule has 1 aromatic rings. The molecule has 0 unspecified atom stereocenters. The van der Waals surface area contributed by atoms with Crippen molar-refractivity contribution in [2.45, 2.75) is 19.4 Å². The number of fused-ring (bicyclic) bond motifs is 1. The van der Waals surface area contributed by atoms with Gasteiger partial charge in [0.1, 0.15) is 5.54 Å². The lowest BCUT2D eigenvalue weighted by atomic mass is 10.0. The molecule has 0 aromatic heterocycles. The van der Waals surface area contributed by atoms with Crippen LogP contribution in [0.3, 0.4) is 0 Å². The van der Waals surface area contributed by atoms with Gasteiger partial charge in [-0.1, -0.05) is 12.1 Å². The maximum Gasteiger partial charge on any atom is 0.336 e. The minimum absolute atomic E-state index is 0.244. The minimum atomic E-state index is -0.631. The molecule has 13 heavy (non-hydrogen) atoms. The predicted molar refractivity (Wildman–Crippen MR) is 49.8 cm³/mol. The second kappa shape index (κ2) is 2.49. The number of carbonyl (C=O) groups excluding carboxylic acids is 1. The molecule has 0 radical (unpaired) electrons. The lowest BCUT2D eigenvalue weighted by Gasteiger charge is -2.30. The Morgan fingerprint density at radius 2 is 2.00 bits per heavy atom. The molecule has 1 heterocycles. The van der Waals surface area contributed by atoms with E-state index in [2.05, 4.69) is 5.32 Å².